The SMILES string of the molecule is CCN1C[C@]2(OC(=O)c3ccccc3NC(=O)c3ccccc3OC)CC[C@H](OC)[C@]34C1[C@H](C[C@H]23)[C@@]1(O)C[C@H](OC)[C@H]2C[C@@H]4[C@]1(O)[C@H]2OC. The number of likely N-dealkylation sites (N-methyl/N-ethyl adjacent to an activating group) is 1. The molecule has 12 atom stereocenters. The Morgan fingerprint density at radius 3 is 2.37 bits per heavy atom. The first-order valence-corrected chi connectivity index (χ1v) is 17.6. The van der Waals surface area contributed by atoms with E-state index in [0.717, 1.165) is 0 Å². The lowest BCUT2D eigenvalue weighted by molar-refractivity contribution is -0.337. The Hall–Kier alpha value is -3.06. The van der Waals surface area contributed by atoms with Gasteiger partial charge in [-0.05, 0) is 56.5 Å². The van der Waals surface area contributed by atoms with Gasteiger partial charge in [0.05, 0.1) is 42.2 Å². The van der Waals surface area contributed by atoms with E-state index in [4.69, 9.17) is 23.7 Å². The maximum atomic E-state index is 14.5. The number of benzene rings is 2. The summed E-state index contributed by atoms with van der Waals surface area (Å²) in [6, 6.07) is 13.8. The topological polar surface area (TPSA) is 136 Å². The highest BCUT2D eigenvalue weighted by atomic mass is 16.6. The molecule has 2 aromatic rings. The minimum Gasteiger partial charge on any atom is -0.496 e. The molecule has 6 aliphatic rings. The average Bonchev–Trinajstić information content (AvgIpc) is 3.54. The van der Waals surface area contributed by atoms with Gasteiger partial charge in [-0.15, -0.1) is 0 Å². The summed E-state index contributed by atoms with van der Waals surface area (Å²) in [6.07, 6.45) is 1.70. The molecular weight excluding hydrogens is 628 g/mol. The number of fused-ring (bicyclic) bond motifs is 2. The van der Waals surface area contributed by atoms with Gasteiger partial charge in [-0.25, -0.2) is 4.79 Å². The fourth-order valence-electron chi connectivity index (χ4n) is 12.4. The first-order chi connectivity index (χ1) is 23.6. The van der Waals surface area contributed by atoms with Crippen LogP contribution in [-0.4, -0.2) is 110 Å². The molecule has 49 heavy (non-hydrogen) atoms. The third kappa shape index (κ3) is 4.06. The molecule has 5 aliphatic carbocycles. The van der Waals surface area contributed by atoms with E-state index in [1.807, 2.05) is 0 Å². The number of hydrogen-bond donors (Lipinski definition) is 3. The van der Waals surface area contributed by atoms with Gasteiger partial charge in [-0.1, -0.05) is 31.2 Å². The predicted molar refractivity (Wildman–Crippen MR) is 178 cm³/mol. The smallest absolute Gasteiger partial charge is 0.340 e. The largest absolute Gasteiger partial charge is 0.496 e. The second-order valence-corrected chi connectivity index (χ2v) is 15.2. The van der Waals surface area contributed by atoms with Gasteiger partial charge >= 0.3 is 5.97 Å². The zero-order valence-corrected chi connectivity index (χ0v) is 28.9. The molecule has 0 aromatic heterocycles. The summed E-state index contributed by atoms with van der Waals surface area (Å²) in [5.74, 6) is -1.42. The van der Waals surface area contributed by atoms with Crippen molar-refractivity contribution in [1.29, 1.82) is 0 Å². The van der Waals surface area contributed by atoms with Gasteiger partial charge < -0.3 is 39.2 Å². The van der Waals surface area contributed by atoms with Crippen molar-refractivity contribution >= 4 is 17.6 Å². The summed E-state index contributed by atoms with van der Waals surface area (Å²) in [6.45, 7) is 3.31. The highest BCUT2D eigenvalue weighted by molar-refractivity contribution is 6.09. The molecule has 1 saturated heterocycles. The second kappa shape index (κ2) is 11.5. The van der Waals surface area contributed by atoms with Crippen LogP contribution in [0.15, 0.2) is 48.5 Å². The summed E-state index contributed by atoms with van der Waals surface area (Å²) < 4.78 is 30.7. The number of esters is 1. The van der Waals surface area contributed by atoms with Crippen molar-refractivity contribution in [2.45, 2.75) is 80.2 Å². The fourth-order valence-corrected chi connectivity index (χ4v) is 12.4. The van der Waals surface area contributed by atoms with Gasteiger partial charge in [-0.3, -0.25) is 9.69 Å². The minimum atomic E-state index is -1.51. The molecule has 8 rings (SSSR count). The fraction of sp³-hybridized carbons (Fsp3) is 0.632. The predicted octanol–water partition coefficient (Wildman–Crippen LogP) is 3.52. The van der Waals surface area contributed by atoms with Crippen molar-refractivity contribution in [3.8, 4) is 5.75 Å². The molecule has 1 unspecified atom stereocenters. The molecule has 7 bridgehead atoms. The maximum Gasteiger partial charge on any atom is 0.340 e. The zero-order valence-electron chi connectivity index (χ0n) is 28.9. The summed E-state index contributed by atoms with van der Waals surface area (Å²) in [5, 5.41) is 28.8. The Morgan fingerprint density at radius 1 is 0.939 bits per heavy atom. The quantitative estimate of drug-likeness (QED) is 0.339. The maximum absolute atomic E-state index is 14.5. The molecule has 1 spiro atoms. The average molecular weight is 677 g/mol. The van der Waals surface area contributed by atoms with Gasteiger partial charge in [0.25, 0.3) is 5.91 Å². The van der Waals surface area contributed by atoms with Crippen molar-refractivity contribution in [1.82, 2.24) is 4.90 Å². The van der Waals surface area contributed by atoms with Crippen LogP contribution in [0.1, 0.15) is 59.7 Å². The van der Waals surface area contributed by atoms with E-state index in [2.05, 4.69) is 17.1 Å². The number of amides is 1. The molecule has 6 fully saturated rings. The van der Waals surface area contributed by atoms with E-state index in [0.29, 0.717) is 62.2 Å². The van der Waals surface area contributed by atoms with Crippen LogP contribution < -0.4 is 10.1 Å². The van der Waals surface area contributed by atoms with Crippen LogP contribution in [0.5, 0.6) is 5.75 Å². The molecule has 3 N–H and O–H groups in total. The minimum absolute atomic E-state index is 0.0749. The summed E-state index contributed by atoms with van der Waals surface area (Å²) >= 11 is 0. The number of likely N-dealkylation sites (tertiary alicyclic amines) is 1. The summed E-state index contributed by atoms with van der Waals surface area (Å²) in [7, 11) is 6.56. The third-order valence-electron chi connectivity index (χ3n) is 13.9. The lowest BCUT2D eigenvalue weighted by atomic mass is 9.44. The van der Waals surface area contributed by atoms with Crippen molar-refractivity contribution in [3.63, 3.8) is 0 Å². The summed E-state index contributed by atoms with van der Waals surface area (Å²) in [4.78, 5) is 30.2. The lowest BCUT2D eigenvalue weighted by Gasteiger charge is -2.70. The Balaban J connectivity index is 1.20. The molecule has 11 nitrogen and oxygen atoms in total. The Bertz CT molecular complexity index is 1650. The molecule has 1 heterocycles. The molecule has 11 heteroatoms. The Labute approximate surface area is 287 Å². The molecule has 5 saturated carbocycles. The van der Waals surface area contributed by atoms with Gasteiger partial charge in [0.2, 0.25) is 0 Å². The van der Waals surface area contributed by atoms with Crippen LogP contribution in [0.25, 0.3) is 0 Å². The third-order valence-corrected chi connectivity index (χ3v) is 13.9. The Morgan fingerprint density at radius 2 is 1.67 bits per heavy atom. The molecule has 1 aliphatic heterocycles. The number of methoxy groups -OCH3 is 4. The lowest BCUT2D eigenvalue weighted by Crippen LogP contribution is -2.83. The highest BCUT2D eigenvalue weighted by Crippen LogP contribution is 2.79. The van der Waals surface area contributed by atoms with E-state index in [1.54, 1.807) is 69.9 Å². The van der Waals surface area contributed by atoms with Crippen LogP contribution in [0.4, 0.5) is 5.69 Å². The van der Waals surface area contributed by atoms with Crippen molar-refractivity contribution in [2.24, 2.45) is 29.1 Å². The molecule has 2 aromatic carbocycles. The monoisotopic (exact) mass is 676 g/mol. The number of hydrogen-bond acceptors (Lipinski definition) is 10. The number of carbonyl (C=O) groups excluding carboxylic acids is 2. The first kappa shape index (κ1) is 33.1. The van der Waals surface area contributed by atoms with Crippen molar-refractivity contribution in [3.05, 3.63) is 59.7 Å². The van der Waals surface area contributed by atoms with Gasteiger partial charge in [0.15, 0.2) is 0 Å². The van der Waals surface area contributed by atoms with Crippen LogP contribution in [0.2, 0.25) is 0 Å². The van der Waals surface area contributed by atoms with Crippen molar-refractivity contribution < 1.29 is 43.5 Å². The van der Waals surface area contributed by atoms with Crippen LogP contribution in [-0.2, 0) is 18.9 Å². The standard InChI is InChI=1S/C38H48N2O9/c1-6-40-20-35(49-34(42)21-11-7-9-13-25(21)39-33(41)22-12-8-10-14-26(22)45-2)16-15-30(47-4)37-28(35)18-24(31(37)40)36(43)19-27(46-3)23-17-29(37)38(36,44)32(23)48-5/h7-14,23-24,27-32,43-44H,6,15-20H2,1-5H3,(H,39,41)/t23-,24+,27+,28-,29+,30+,31?,32+,35-,36+,37+,38+/m1/s1. The van der Waals surface area contributed by atoms with E-state index in [9.17, 15) is 19.8 Å². The van der Waals surface area contributed by atoms with E-state index < -0.39 is 40.2 Å². The number of rotatable bonds is 9. The van der Waals surface area contributed by atoms with Crippen LogP contribution in [0, 0.1) is 29.1 Å². The first-order valence-electron chi connectivity index (χ1n) is 17.6. The molecule has 1 amide bonds. The van der Waals surface area contributed by atoms with Gasteiger partial charge in [0.1, 0.15) is 22.6 Å². The van der Waals surface area contributed by atoms with E-state index in [1.165, 1.54) is 7.11 Å². The number of carbonyl (C=O) groups is 2. The number of anilines is 1. The molecular formula is C38H48N2O9. The normalized spacial score (nSPS) is 42.8. The van der Waals surface area contributed by atoms with E-state index >= 15 is 0 Å². The summed E-state index contributed by atoms with van der Waals surface area (Å²) in [5.41, 5.74) is -3.52. The highest BCUT2D eigenvalue weighted by Gasteiger charge is 2.89. The van der Waals surface area contributed by atoms with Crippen LogP contribution in [0.3, 0.4) is 0 Å². The second-order valence-electron chi connectivity index (χ2n) is 15.2. The number of ether oxygens (including phenoxy) is 5. The zero-order chi connectivity index (χ0) is 34.5. The number of nitrogens with one attached hydrogen (secondary N) is 1. The molecule has 0 radical (unpaired) electrons. The number of aliphatic hydroxyl groups is 2. The van der Waals surface area contributed by atoms with Crippen LogP contribution >= 0.6 is 0 Å². The number of nitrogens with zero attached hydrogens (tertiary/aromatic N) is 1. The number of piperidine rings is 1. The van der Waals surface area contributed by atoms with Gasteiger partial charge in [0, 0.05) is 69.4 Å². The Kier molecular flexibility index (Phi) is 7.76. The van der Waals surface area contributed by atoms with Crippen molar-refractivity contribution in [2.75, 3.05) is 46.8 Å². The van der Waals surface area contributed by atoms with Gasteiger partial charge in [-0.2, -0.15) is 0 Å². The molecule has 264 valence electrons. The van der Waals surface area contributed by atoms with E-state index in [-0.39, 0.29) is 47.5 Å². The number of para-hydroxylation sites is 2.